The van der Waals surface area contributed by atoms with E-state index < -0.39 is 17.0 Å². The van der Waals surface area contributed by atoms with Gasteiger partial charge in [0.2, 0.25) is 0 Å². The highest BCUT2D eigenvalue weighted by Gasteiger charge is 2.16. The first kappa shape index (κ1) is 19.7. The lowest BCUT2D eigenvalue weighted by atomic mass is 10.1. The molecule has 9 nitrogen and oxygen atoms in total. The van der Waals surface area contributed by atoms with Crippen LogP contribution in [0.4, 0.5) is 16.2 Å². The number of carboxylic acid groups (broad SMARTS) is 1. The third kappa shape index (κ3) is 5.18. The van der Waals surface area contributed by atoms with Gasteiger partial charge in [-0.15, -0.1) is 0 Å². The van der Waals surface area contributed by atoms with Gasteiger partial charge in [-0.1, -0.05) is 12.1 Å². The van der Waals surface area contributed by atoms with Gasteiger partial charge in [-0.05, 0) is 23.8 Å². The molecule has 2 aromatic rings. The summed E-state index contributed by atoms with van der Waals surface area (Å²) in [7, 11) is 2.89. The number of hydrogen-bond acceptors (Lipinski definition) is 6. The predicted octanol–water partition coefficient (Wildman–Crippen LogP) is 3.00. The van der Waals surface area contributed by atoms with Crippen LogP contribution in [0.15, 0.2) is 42.5 Å². The van der Waals surface area contributed by atoms with Crippen molar-refractivity contribution >= 4 is 23.4 Å². The lowest BCUT2D eigenvalue weighted by molar-refractivity contribution is -0.384. The monoisotopic (exact) mass is 374 g/mol. The molecule has 0 heterocycles. The zero-order valence-corrected chi connectivity index (χ0v) is 14.7. The zero-order chi connectivity index (χ0) is 20.0. The fraction of sp³-hybridized carbons (Fsp3) is 0.222. The molecule has 0 saturated carbocycles. The van der Waals surface area contributed by atoms with Crippen molar-refractivity contribution in [3.63, 3.8) is 0 Å². The van der Waals surface area contributed by atoms with Gasteiger partial charge in [-0.3, -0.25) is 19.8 Å². The van der Waals surface area contributed by atoms with Crippen LogP contribution in [0.5, 0.6) is 5.75 Å². The van der Waals surface area contributed by atoms with E-state index in [0.29, 0.717) is 16.8 Å². The number of anilines is 1. The van der Waals surface area contributed by atoms with E-state index in [0.717, 1.165) is 0 Å². The fourth-order valence-electron chi connectivity index (χ4n) is 2.32. The van der Waals surface area contributed by atoms with Crippen molar-refractivity contribution in [2.45, 2.75) is 13.0 Å². The van der Waals surface area contributed by atoms with Crippen LogP contribution >= 0.6 is 0 Å². The molecule has 2 rings (SSSR count). The number of non-ortho nitro benzene ring substituents is 1. The second kappa shape index (κ2) is 8.65. The average Bonchev–Trinajstić information content (AvgIpc) is 2.65. The first-order valence-corrected chi connectivity index (χ1v) is 7.84. The van der Waals surface area contributed by atoms with Gasteiger partial charge in [0.05, 0.1) is 24.5 Å². The minimum absolute atomic E-state index is 0.103. The van der Waals surface area contributed by atoms with Gasteiger partial charge in [-0.25, -0.2) is 4.79 Å². The number of carbonyl (C=O) groups excluding carboxylic acids is 1. The van der Waals surface area contributed by atoms with Crippen LogP contribution < -0.4 is 9.64 Å². The number of rotatable bonds is 7. The van der Waals surface area contributed by atoms with Gasteiger partial charge in [-0.2, -0.15) is 0 Å². The number of nitrogens with zero attached hydrogens (tertiary/aromatic N) is 2. The molecule has 0 unspecified atom stereocenters. The molecule has 142 valence electrons. The van der Waals surface area contributed by atoms with Crippen LogP contribution in [0.1, 0.15) is 11.1 Å². The lowest BCUT2D eigenvalue weighted by Crippen LogP contribution is -2.27. The number of methoxy groups -OCH3 is 1. The molecule has 1 N–H and O–H groups in total. The first-order valence-electron chi connectivity index (χ1n) is 7.84. The number of carboxylic acids is 1. The van der Waals surface area contributed by atoms with Crippen molar-refractivity contribution in [2.24, 2.45) is 0 Å². The Hall–Kier alpha value is -3.62. The lowest BCUT2D eigenvalue weighted by Gasteiger charge is -2.18. The van der Waals surface area contributed by atoms with E-state index >= 15 is 0 Å². The first-order chi connectivity index (χ1) is 12.8. The van der Waals surface area contributed by atoms with Crippen LogP contribution in [0.3, 0.4) is 0 Å². The molecule has 0 aromatic heterocycles. The number of nitro benzene ring substituents is 1. The summed E-state index contributed by atoms with van der Waals surface area (Å²) in [4.78, 5) is 34.4. The average molecular weight is 374 g/mol. The second-order valence-corrected chi connectivity index (χ2v) is 5.60. The molecule has 0 radical (unpaired) electrons. The van der Waals surface area contributed by atoms with Crippen molar-refractivity contribution in [2.75, 3.05) is 19.1 Å². The summed E-state index contributed by atoms with van der Waals surface area (Å²) in [6.45, 7) is -0.124. The van der Waals surface area contributed by atoms with E-state index in [1.165, 1.54) is 37.3 Å². The SMILES string of the molecule is COc1cc([N+](=O)[O-])ccc1COC(=O)N(C)c1ccc(CC(=O)O)cc1. The van der Waals surface area contributed by atoms with Crippen LogP contribution in [-0.2, 0) is 22.6 Å². The highest BCUT2D eigenvalue weighted by Crippen LogP contribution is 2.25. The van der Waals surface area contributed by atoms with Crippen LogP contribution in [0, 0.1) is 10.1 Å². The maximum atomic E-state index is 12.2. The number of hydrogen-bond donors (Lipinski definition) is 1. The Morgan fingerprint density at radius 1 is 1.19 bits per heavy atom. The van der Waals surface area contributed by atoms with Crippen molar-refractivity contribution < 1.29 is 29.1 Å². The number of aliphatic carboxylic acids is 1. The molecule has 1 amide bonds. The predicted molar refractivity (Wildman–Crippen MR) is 96.0 cm³/mol. The molecule has 0 atom stereocenters. The number of carbonyl (C=O) groups is 2. The molecule has 0 fully saturated rings. The fourth-order valence-corrected chi connectivity index (χ4v) is 2.32. The minimum atomic E-state index is -0.937. The Bertz CT molecular complexity index is 849. The minimum Gasteiger partial charge on any atom is -0.496 e. The van der Waals surface area contributed by atoms with Crippen molar-refractivity contribution in [3.8, 4) is 5.75 Å². The maximum Gasteiger partial charge on any atom is 0.414 e. The maximum absolute atomic E-state index is 12.2. The van der Waals surface area contributed by atoms with Gasteiger partial charge in [0.15, 0.2) is 0 Å². The molecule has 27 heavy (non-hydrogen) atoms. The summed E-state index contributed by atoms with van der Waals surface area (Å²) in [6, 6.07) is 10.5. The highest BCUT2D eigenvalue weighted by atomic mass is 16.6. The molecule has 0 spiro atoms. The molecular formula is C18H18N2O7. The largest absolute Gasteiger partial charge is 0.496 e. The van der Waals surface area contributed by atoms with E-state index in [4.69, 9.17) is 14.6 Å². The molecule has 0 bridgehead atoms. The molecular weight excluding hydrogens is 356 g/mol. The van der Waals surface area contributed by atoms with Gasteiger partial charge in [0, 0.05) is 24.4 Å². The number of benzene rings is 2. The molecule has 0 aliphatic carbocycles. The van der Waals surface area contributed by atoms with Gasteiger partial charge >= 0.3 is 12.1 Å². The van der Waals surface area contributed by atoms with Crippen molar-refractivity contribution in [1.29, 1.82) is 0 Å². The van der Waals surface area contributed by atoms with Crippen LogP contribution in [0.25, 0.3) is 0 Å². The van der Waals surface area contributed by atoms with Crippen LogP contribution in [-0.4, -0.2) is 36.2 Å². The van der Waals surface area contributed by atoms with Crippen molar-refractivity contribution in [3.05, 3.63) is 63.7 Å². The van der Waals surface area contributed by atoms with Gasteiger partial charge in [0.1, 0.15) is 12.4 Å². The molecule has 0 aliphatic rings. The summed E-state index contributed by atoms with van der Waals surface area (Å²) in [5.41, 5.74) is 1.51. The van der Waals surface area contributed by atoms with E-state index in [9.17, 15) is 19.7 Å². The number of nitro groups is 1. The van der Waals surface area contributed by atoms with Gasteiger partial charge < -0.3 is 14.6 Å². The smallest absolute Gasteiger partial charge is 0.414 e. The second-order valence-electron chi connectivity index (χ2n) is 5.60. The summed E-state index contributed by atoms with van der Waals surface area (Å²) >= 11 is 0. The summed E-state index contributed by atoms with van der Waals surface area (Å²) in [5, 5.41) is 19.6. The normalized spacial score (nSPS) is 10.1. The molecule has 2 aromatic carbocycles. The zero-order valence-electron chi connectivity index (χ0n) is 14.7. The Morgan fingerprint density at radius 2 is 1.85 bits per heavy atom. The topological polar surface area (TPSA) is 119 Å². The summed E-state index contributed by atoms with van der Waals surface area (Å²) < 4.78 is 10.3. The number of amides is 1. The Morgan fingerprint density at radius 3 is 2.41 bits per heavy atom. The summed E-state index contributed by atoms with van der Waals surface area (Å²) in [6.07, 6.45) is -0.740. The third-order valence-corrected chi connectivity index (χ3v) is 3.79. The van der Waals surface area contributed by atoms with E-state index in [-0.39, 0.29) is 24.5 Å². The van der Waals surface area contributed by atoms with Crippen LogP contribution in [0.2, 0.25) is 0 Å². The van der Waals surface area contributed by atoms with E-state index in [1.54, 1.807) is 24.3 Å². The molecule has 9 heteroatoms. The Kier molecular flexibility index (Phi) is 6.32. The summed E-state index contributed by atoms with van der Waals surface area (Å²) in [5.74, 6) is -0.690. The Labute approximate surface area is 154 Å². The third-order valence-electron chi connectivity index (χ3n) is 3.79. The van der Waals surface area contributed by atoms with Crippen molar-refractivity contribution in [1.82, 2.24) is 0 Å². The highest BCUT2D eigenvalue weighted by molar-refractivity contribution is 5.87. The van der Waals surface area contributed by atoms with E-state index in [1.807, 2.05) is 0 Å². The number of ether oxygens (including phenoxy) is 2. The molecule has 0 aliphatic heterocycles. The standard InChI is InChI=1S/C18H18N2O7/c1-19(14-6-3-12(4-7-14)9-17(21)22)18(23)27-11-13-5-8-15(20(24)25)10-16(13)26-2/h3-8,10H,9,11H2,1-2H3,(H,21,22). The Balaban J connectivity index is 2.02. The van der Waals surface area contributed by atoms with E-state index in [2.05, 4.69) is 0 Å². The van der Waals surface area contributed by atoms with Gasteiger partial charge in [0.25, 0.3) is 5.69 Å². The quantitative estimate of drug-likeness (QED) is 0.584. The molecule has 0 saturated heterocycles.